The molecule has 1 fully saturated rings. The van der Waals surface area contributed by atoms with E-state index in [0.29, 0.717) is 6.04 Å². The van der Waals surface area contributed by atoms with E-state index < -0.39 is 0 Å². The molecule has 3 rings (SSSR count). The van der Waals surface area contributed by atoms with Crippen LogP contribution in [-0.4, -0.2) is 42.5 Å². The molecule has 24 heavy (non-hydrogen) atoms. The first-order chi connectivity index (χ1) is 10.9. The number of nitrogens with zero attached hydrogens (tertiary/aromatic N) is 2. The van der Waals surface area contributed by atoms with Crippen LogP contribution in [0.1, 0.15) is 17.2 Å². The number of hydrogen-bond acceptors (Lipinski definition) is 2. The molecule has 1 aliphatic rings. The molecule has 0 unspecified atom stereocenters. The predicted octanol–water partition coefficient (Wildman–Crippen LogP) is 4.42. The van der Waals surface area contributed by atoms with Crippen molar-refractivity contribution in [1.29, 1.82) is 0 Å². The first-order valence-electron chi connectivity index (χ1n) is 8.05. The monoisotopic (exact) mass is 364 g/mol. The van der Waals surface area contributed by atoms with Crippen molar-refractivity contribution in [2.75, 3.05) is 32.7 Å². The van der Waals surface area contributed by atoms with Gasteiger partial charge < -0.3 is 0 Å². The molecule has 0 radical (unpaired) electrons. The van der Waals surface area contributed by atoms with Gasteiger partial charge in [-0.25, -0.2) is 0 Å². The molecule has 2 aromatic rings. The summed E-state index contributed by atoms with van der Waals surface area (Å²) in [5, 5.41) is 0. The lowest BCUT2D eigenvalue weighted by molar-refractivity contribution is 0.118. The van der Waals surface area contributed by atoms with Gasteiger partial charge >= 0.3 is 0 Å². The quantitative estimate of drug-likeness (QED) is 0.724. The molecule has 1 heterocycles. The van der Waals surface area contributed by atoms with E-state index in [4.69, 9.17) is 0 Å². The number of piperazine rings is 1. The first kappa shape index (κ1) is 20.7. The molecule has 1 aliphatic heterocycles. The van der Waals surface area contributed by atoms with Gasteiger partial charge in [-0.1, -0.05) is 66.7 Å². The fourth-order valence-electron chi connectivity index (χ4n) is 3.27. The van der Waals surface area contributed by atoms with Gasteiger partial charge in [0.1, 0.15) is 0 Å². The third kappa shape index (κ3) is 5.09. The van der Waals surface area contributed by atoms with Crippen molar-refractivity contribution in [2.45, 2.75) is 6.04 Å². The molecule has 2 aromatic carbocycles. The standard InChI is InChI=1S/C20H24N2.2ClH/c1-2-13-21-14-16-22(17-15-21)20(18-9-5-3-6-10-18)19-11-7-4-8-12-19;;/h2-12,20H,1,13-17H2;2*1H. The highest BCUT2D eigenvalue weighted by atomic mass is 35.5. The van der Waals surface area contributed by atoms with Gasteiger partial charge in [-0.05, 0) is 11.1 Å². The molecule has 0 amide bonds. The molecule has 0 spiro atoms. The zero-order chi connectivity index (χ0) is 15.2. The number of halogens is 2. The molecule has 0 aromatic heterocycles. The third-order valence-electron chi connectivity index (χ3n) is 4.39. The Kier molecular flexibility index (Phi) is 9.09. The molecule has 0 atom stereocenters. The average Bonchev–Trinajstić information content (AvgIpc) is 2.59. The van der Waals surface area contributed by atoms with Crippen molar-refractivity contribution in [2.24, 2.45) is 0 Å². The van der Waals surface area contributed by atoms with Crippen LogP contribution in [-0.2, 0) is 0 Å². The molecule has 0 N–H and O–H groups in total. The molecular formula is C20H26Cl2N2. The van der Waals surface area contributed by atoms with Crippen molar-refractivity contribution in [3.8, 4) is 0 Å². The zero-order valence-corrected chi connectivity index (χ0v) is 15.5. The largest absolute Gasteiger partial charge is 0.297 e. The minimum Gasteiger partial charge on any atom is -0.297 e. The van der Waals surface area contributed by atoms with E-state index in [0.717, 1.165) is 32.7 Å². The maximum atomic E-state index is 3.85. The fraction of sp³-hybridized carbons (Fsp3) is 0.300. The van der Waals surface area contributed by atoms with Crippen LogP contribution in [0.15, 0.2) is 73.3 Å². The highest BCUT2D eigenvalue weighted by Crippen LogP contribution is 2.29. The Morgan fingerprint density at radius 3 is 1.67 bits per heavy atom. The Bertz CT molecular complexity index is 542. The minimum absolute atomic E-state index is 0. The second kappa shape index (κ2) is 10.5. The van der Waals surface area contributed by atoms with E-state index in [1.165, 1.54) is 11.1 Å². The van der Waals surface area contributed by atoms with E-state index >= 15 is 0 Å². The summed E-state index contributed by atoms with van der Waals surface area (Å²) in [7, 11) is 0. The molecule has 0 saturated carbocycles. The van der Waals surface area contributed by atoms with Crippen LogP contribution < -0.4 is 0 Å². The van der Waals surface area contributed by atoms with Gasteiger partial charge in [0.15, 0.2) is 0 Å². The van der Waals surface area contributed by atoms with Crippen LogP contribution in [0.5, 0.6) is 0 Å². The first-order valence-corrected chi connectivity index (χ1v) is 8.05. The summed E-state index contributed by atoms with van der Waals surface area (Å²) in [6.07, 6.45) is 2.00. The second-order valence-corrected chi connectivity index (χ2v) is 5.85. The maximum Gasteiger partial charge on any atom is 0.0602 e. The van der Waals surface area contributed by atoms with Crippen molar-refractivity contribution in [1.82, 2.24) is 9.80 Å². The van der Waals surface area contributed by atoms with E-state index in [1.807, 2.05) is 6.08 Å². The van der Waals surface area contributed by atoms with Gasteiger partial charge in [-0.2, -0.15) is 0 Å². The normalized spacial score (nSPS) is 15.4. The lowest BCUT2D eigenvalue weighted by Crippen LogP contribution is -2.47. The van der Waals surface area contributed by atoms with Gasteiger partial charge in [0.25, 0.3) is 0 Å². The van der Waals surface area contributed by atoms with Crippen LogP contribution in [0, 0.1) is 0 Å². The van der Waals surface area contributed by atoms with E-state index in [2.05, 4.69) is 77.0 Å². The van der Waals surface area contributed by atoms with Crippen LogP contribution in [0.2, 0.25) is 0 Å². The molecule has 4 heteroatoms. The lowest BCUT2D eigenvalue weighted by Gasteiger charge is -2.39. The van der Waals surface area contributed by atoms with Crippen LogP contribution in [0.4, 0.5) is 0 Å². The maximum absolute atomic E-state index is 3.85. The van der Waals surface area contributed by atoms with Gasteiger partial charge in [0, 0.05) is 32.7 Å². The minimum atomic E-state index is 0. The molecule has 130 valence electrons. The molecule has 2 nitrogen and oxygen atoms in total. The fourth-order valence-corrected chi connectivity index (χ4v) is 3.27. The summed E-state index contributed by atoms with van der Waals surface area (Å²) in [4.78, 5) is 5.07. The summed E-state index contributed by atoms with van der Waals surface area (Å²) in [5.74, 6) is 0. The van der Waals surface area contributed by atoms with E-state index in [1.54, 1.807) is 0 Å². The van der Waals surface area contributed by atoms with Gasteiger partial charge in [-0.15, -0.1) is 31.4 Å². The van der Waals surface area contributed by atoms with Crippen molar-refractivity contribution < 1.29 is 0 Å². The Morgan fingerprint density at radius 1 is 0.792 bits per heavy atom. The van der Waals surface area contributed by atoms with Crippen molar-refractivity contribution in [3.05, 3.63) is 84.4 Å². The van der Waals surface area contributed by atoms with E-state index in [9.17, 15) is 0 Å². The van der Waals surface area contributed by atoms with Crippen LogP contribution in [0.3, 0.4) is 0 Å². The Morgan fingerprint density at radius 2 is 1.25 bits per heavy atom. The van der Waals surface area contributed by atoms with E-state index in [-0.39, 0.29) is 24.8 Å². The topological polar surface area (TPSA) is 6.48 Å². The Hall–Kier alpha value is -1.32. The summed E-state index contributed by atoms with van der Waals surface area (Å²) in [6, 6.07) is 22.1. The van der Waals surface area contributed by atoms with Crippen molar-refractivity contribution >= 4 is 24.8 Å². The SMILES string of the molecule is C=CCN1CCN(C(c2ccccc2)c2ccccc2)CC1.Cl.Cl. The summed E-state index contributed by atoms with van der Waals surface area (Å²) >= 11 is 0. The Balaban J connectivity index is 0.00000144. The highest BCUT2D eigenvalue weighted by molar-refractivity contribution is 5.85. The smallest absolute Gasteiger partial charge is 0.0602 e. The summed E-state index contributed by atoms with van der Waals surface area (Å²) in [5.41, 5.74) is 2.76. The second-order valence-electron chi connectivity index (χ2n) is 5.85. The van der Waals surface area contributed by atoms with Gasteiger partial charge in [-0.3, -0.25) is 9.80 Å². The molecular weight excluding hydrogens is 339 g/mol. The molecule has 0 bridgehead atoms. The molecule has 1 saturated heterocycles. The Labute approximate surface area is 158 Å². The summed E-state index contributed by atoms with van der Waals surface area (Å²) < 4.78 is 0. The summed E-state index contributed by atoms with van der Waals surface area (Å²) in [6.45, 7) is 9.27. The lowest BCUT2D eigenvalue weighted by atomic mass is 9.96. The number of hydrogen-bond donors (Lipinski definition) is 0. The zero-order valence-electron chi connectivity index (χ0n) is 13.9. The van der Waals surface area contributed by atoms with Gasteiger partial charge in [0.2, 0.25) is 0 Å². The number of benzene rings is 2. The molecule has 0 aliphatic carbocycles. The van der Waals surface area contributed by atoms with Gasteiger partial charge in [0.05, 0.1) is 6.04 Å². The number of rotatable bonds is 5. The predicted molar refractivity (Wildman–Crippen MR) is 107 cm³/mol. The average molecular weight is 365 g/mol. The third-order valence-corrected chi connectivity index (χ3v) is 4.39. The van der Waals surface area contributed by atoms with Crippen molar-refractivity contribution in [3.63, 3.8) is 0 Å². The van der Waals surface area contributed by atoms with Crippen LogP contribution >= 0.6 is 24.8 Å². The van der Waals surface area contributed by atoms with Crippen LogP contribution in [0.25, 0.3) is 0 Å². The highest BCUT2D eigenvalue weighted by Gasteiger charge is 2.25.